The minimum Gasteiger partial charge on any atom is -0.434 e. The number of benzene rings is 1. The second-order valence-corrected chi connectivity index (χ2v) is 4.52. The third-order valence-corrected chi connectivity index (χ3v) is 2.43. The Morgan fingerprint density at radius 2 is 2.00 bits per heavy atom. The van der Waals surface area contributed by atoms with Crippen LogP contribution >= 0.6 is 0 Å². The molecule has 0 aromatic heterocycles. The van der Waals surface area contributed by atoms with E-state index in [2.05, 4.69) is 10.6 Å². The first-order valence-electron chi connectivity index (χ1n) is 6.35. The molecule has 0 fully saturated rings. The fourth-order valence-electron chi connectivity index (χ4n) is 1.54. The predicted octanol–water partition coefficient (Wildman–Crippen LogP) is 0.805. The SMILES string of the molecule is CN(C)C[C@H](OC(=O)Nc1ccccc1)C(=O)NCC#N. The first kappa shape index (κ1) is 16.5. The van der Waals surface area contributed by atoms with Crippen LogP contribution in [0.25, 0.3) is 0 Å². The van der Waals surface area contributed by atoms with Gasteiger partial charge in [0.1, 0.15) is 6.54 Å². The van der Waals surface area contributed by atoms with Crippen LogP contribution in [0.3, 0.4) is 0 Å². The van der Waals surface area contributed by atoms with E-state index in [1.165, 1.54) is 0 Å². The second kappa shape index (κ2) is 8.55. The van der Waals surface area contributed by atoms with E-state index in [0.717, 1.165) is 0 Å². The van der Waals surface area contributed by atoms with Gasteiger partial charge in [-0.2, -0.15) is 5.26 Å². The summed E-state index contributed by atoms with van der Waals surface area (Å²) in [5, 5.41) is 13.4. The summed E-state index contributed by atoms with van der Waals surface area (Å²) in [6.45, 7) is 0.0892. The monoisotopic (exact) mass is 290 g/mol. The van der Waals surface area contributed by atoms with Gasteiger partial charge >= 0.3 is 6.09 Å². The molecule has 0 aliphatic heterocycles. The van der Waals surface area contributed by atoms with Crippen molar-refractivity contribution in [1.29, 1.82) is 5.26 Å². The zero-order valence-corrected chi connectivity index (χ0v) is 12.0. The van der Waals surface area contributed by atoms with Crippen molar-refractivity contribution in [2.75, 3.05) is 32.5 Å². The largest absolute Gasteiger partial charge is 0.434 e. The normalized spacial score (nSPS) is 11.3. The van der Waals surface area contributed by atoms with E-state index in [0.29, 0.717) is 5.69 Å². The summed E-state index contributed by atoms with van der Waals surface area (Å²) in [5.41, 5.74) is 0.573. The summed E-state index contributed by atoms with van der Waals surface area (Å²) in [6.07, 6.45) is -1.71. The molecule has 0 saturated carbocycles. The maximum Gasteiger partial charge on any atom is 0.412 e. The Labute approximate surface area is 123 Å². The third kappa shape index (κ3) is 6.40. The lowest BCUT2D eigenvalue weighted by molar-refractivity contribution is -0.129. The topological polar surface area (TPSA) is 94.5 Å². The molecule has 0 radical (unpaired) electrons. The fourth-order valence-corrected chi connectivity index (χ4v) is 1.54. The van der Waals surface area contributed by atoms with Crippen LogP contribution in [0.15, 0.2) is 30.3 Å². The maximum absolute atomic E-state index is 11.8. The molecule has 7 nitrogen and oxygen atoms in total. The molecule has 0 aliphatic rings. The first-order valence-corrected chi connectivity index (χ1v) is 6.35. The Kier molecular flexibility index (Phi) is 6.71. The van der Waals surface area contributed by atoms with Crippen LogP contribution < -0.4 is 10.6 Å². The molecule has 0 saturated heterocycles. The minimum atomic E-state index is -0.989. The molecule has 7 heteroatoms. The Morgan fingerprint density at radius 3 is 2.57 bits per heavy atom. The van der Waals surface area contributed by atoms with Gasteiger partial charge in [0.2, 0.25) is 0 Å². The Bertz CT molecular complexity index is 511. The molecule has 0 heterocycles. The number of nitrogens with one attached hydrogen (secondary N) is 2. The molecule has 1 aromatic carbocycles. The quantitative estimate of drug-likeness (QED) is 0.756. The summed E-state index contributed by atoms with van der Waals surface area (Å²) in [7, 11) is 3.51. The number of para-hydroxylation sites is 1. The lowest BCUT2D eigenvalue weighted by Crippen LogP contribution is -2.44. The summed E-state index contributed by atoms with van der Waals surface area (Å²) in [4.78, 5) is 25.3. The highest BCUT2D eigenvalue weighted by Crippen LogP contribution is 2.06. The van der Waals surface area contributed by atoms with Gasteiger partial charge in [0.05, 0.1) is 6.07 Å². The van der Waals surface area contributed by atoms with Crippen molar-refractivity contribution in [3.05, 3.63) is 30.3 Å². The number of ether oxygens (including phenoxy) is 1. The zero-order valence-electron chi connectivity index (χ0n) is 12.0. The molecular formula is C14H18N4O3. The van der Waals surface area contributed by atoms with Crippen molar-refractivity contribution in [3.8, 4) is 6.07 Å². The van der Waals surface area contributed by atoms with Gasteiger partial charge in [0, 0.05) is 12.2 Å². The van der Waals surface area contributed by atoms with Crippen LogP contribution in [-0.4, -0.2) is 50.2 Å². The molecule has 21 heavy (non-hydrogen) atoms. The number of carbonyl (C=O) groups excluding carboxylic acids is 2. The Hall–Kier alpha value is -2.59. The van der Waals surface area contributed by atoms with Crippen LogP contribution in [0.2, 0.25) is 0 Å². The average molecular weight is 290 g/mol. The van der Waals surface area contributed by atoms with E-state index in [9.17, 15) is 9.59 Å². The number of hydrogen-bond acceptors (Lipinski definition) is 5. The summed E-state index contributed by atoms with van der Waals surface area (Å²) in [5.74, 6) is -0.506. The average Bonchev–Trinajstić information content (AvgIpc) is 2.44. The van der Waals surface area contributed by atoms with E-state index < -0.39 is 18.1 Å². The number of hydrogen-bond donors (Lipinski definition) is 2. The lowest BCUT2D eigenvalue weighted by Gasteiger charge is -2.20. The molecule has 0 spiro atoms. The standard InChI is InChI=1S/C14H18N4O3/c1-18(2)10-12(13(19)16-9-8-15)21-14(20)17-11-6-4-3-5-7-11/h3-7,12H,9-10H2,1-2H3,(H,16,19)(H,17,20)/t12-/m0/s1. The molecule has 2 N–H and O–H groups in total. The lowest BCUT2D eigenvalue weighted by atomic mass is 10.3. The van der Waals surface area contributed by atoms with Crippen molar-refractivity contribution in [3.63, 3.8) is 0 Å². The second-order valence-electron chi connectivity index (χ2n) is 4.52. The van der Waals surface area contributed by atoms with Crippen molar-refractivity contribution in [1.82, 2.24) is 10.2 Å². The van der Waals surface area contributed by atoms with E-state index in [1.807, 2.05) is 6.07 Å². The maximum atomic E-state index is 11.8. The Morgan fingerprint density at radius 1 is 1.33 bits per heavy atom. The summed E-state index contributed by atoms with van der Waals surface area (Å²) < 4.78 is 5.11. The van der Waals surface area contributed by atoms with Crippen molar-refractivity contribution in [2.24, 2.45) is 0 Å². The third-order valence-electron chi connectivity index (χ3n) is 2.43. The Balaban J connectivity index is 2.61. The van der Waals surface area contributed by atoms with E-state index >= 15 is 0 Å². The molecule has 0 unspecified atom stereocenters. The van der Waals surface area contributed by atoms with Gasteiger partial charge in [-0.3, -0.25) is 10.1 Å². The molecule has 0 aliphatic carbocycles. The zero-order chi connectivity index (χ0) is 15.7. The van der Waals surface area contributed by atoms with Crippen molar-refractivity contribution < 1.29 is 14.3 Å². The highest BCUT2D eigenvalue weighted by Gasteiger charge is 2.23. The number of anilines is 1. The predicted molar refractivity (Wildman–Crippen MR) is 77.5 cm³/mol. The molecule has 0 bridgehead atoms. The van der Waals surface area contributed by atoms with Gasteiger partial charge in [0.15, 0.2) is 6.10 Å². The summed E-state index contributed by atoms with van der Waals surface area (Å²) >= 11 is 0. The van der Waals surface area contributed by atoms with Crippen LogP contribution in [-0.2, 0) is 9.53 Å². The molecule has 1 aromatic rings. The number of carbonyl (C=O) groups is 2. The van der Waals surface area contributed by atoms with E-state index in [1.54, 1.807) is 49.3 Å². The highest BCUT2D eigenvalue weighted by molar-refractivity contribution is 5.88. The number of nitriles is 1. The van der Waals surface area contributed by atoms with Crippen LogP contribution in [0.4, 0.5) is 10.5 Å². The van der Waals surface area contributed by atoms with Crippen molar-refractivity contribution >= 4 is 17.7 Å². The van der Waals surface area contributed by atoms with Crippen molar-refractivity contribution in [2.45, 2.75) is 6.10 Å². The van der Waals surface area contributed by atoms with Crippen LogP contribution in [0, 0.1) is 11.3 Å². The van der Waals surface area contributed by atoms with Gasteiger partial charge < -0.3 is 15.0 Å². The van der Waals surface area contributed by atoms with E-state index in [4.69, 9.17) is 10.00 Å². The molecule has 2 amide bonds. The van der Waals surface area contributed by atoms with Gasteiger partial charge in [-0.15, -0.1) is 0 Å². The van der Waals surface area contributed by atoms with Gasteiger partial charge in [-0.1, -0.05) is 18.2 Å². The number of nitrogens with zero attached hydrogens (tertiary/aromatic N) is 2. The van der Waals surface area contributed by atoms with Gasteiger partial charge in [-0.25, -0.2) is 4.79 Å². The smallest absolute Gasteiger partial charge is 0.412 e. The van der Waals surface area contributed by atoms with Gasteiger partial charge in [-0.05, 0) is 26.2 Å². The fraction of sp³-hybridized carbons (Fsp3) is 0.357. The summed E-state index contributed by atoms with van der Waals surface area (Å²) in [6, 6.07) is 10.6. The molecule has 1 rings (SSSR count). The molecule has 1 atom stereocenters. The van der Waals surface area contributed by atoms with E-state index in [-0.39, 0.29) is 13.1 Å². The number of likely N-dealkylation sites (N-methyl/N-ethyl adjacent to an activating group) is 1. The van der Waals surface area contributed by atoms with Gasteiger partial charge in [0.25, 0.3) is 5.91 Å². The first-order chi connectivity index (χ1) is 10.0. The molecular weight excluding hydrogens is 272 g/mol. The minimum absolute atomic E-state index is 0.133. The number of rotatable bonds is 6. The van der Waals surface area contributed by atoms with Crippen LogP contribution in [0.1, 0.15) is 0 Å². The number of amides is 2. The van der Waals surface area contributed by atoms with Crippen LogP contribution in [0.5, 0.6) is 0 Å². The highest BCUT2D eigenvalue weighted by atomic mass is 16.6. The molecule has 112 valence electrons.